The molecule has 1 atom stereocenters. The van der Waals surface area contributed by atoms with Crippen molar-refractivity contribution in [2.45, 2.75) is 26.8 Å². The quantitative estimate of drug-likeness (QED) is 0.846. The second-order valence-electron chi connectivity index (χ2n) is 3.80. The van der Waals surface area contributed by atoms with Crippen LogP contribution in [0.3, 0.4) is 0 Å². The Bertz CT molecular complexity index is 505. The van der Waals surface area contributed by atoms with Crippen molar-refractivity contribution in [3.05, 3.63) is 28.5 Å². The minimum absolute atomic E-state index is 0.0784. The van der Waals surface area contributed by atoms with Crippen LogP contribution in [0, 0.1) is 13.8 Å². The molecule has 0 aliphatic carbocycles. The summed E-state index contributed by atoms with van der Waals surface area (Å²) in [7, 11) is 0. The fourth-order valence-corrected chi connectivity index (χ4v) is 2.40. The Morgan fingerprint density at radius 3 is 2.93 bits per heavy atom. The van der Waals surface area contributed by atoms with Crippen LogP contribution in [0.4, 0.5) is 0 Å². The van der Waals surface area contributed by atoms with E-state index in [9.17, 15) is 0 Å². The van der Waals surface area contributed by atoms with Gasteiger partial charge in [0.25, 0.3) is 0 Å². The molecule has 2 rings (SSSR count). The maximum Gasteiger partial charge on any atom is 0.194 e. The van der Waals surface area contributed by atoms with Crippen molar-refractivity contribution in [3.63, 3.8) is 0 Å². The molecule has 3 nitrogen and oxygen atoms in total. The Morgan fingerprint density at radius 2 is 2.27 bits per heavy atom. The summed E-state index contributed by atoms with van der Waals surface area (Å²) in [6.07, 6.45) is 6.15. The fourth-order valence-electron chi connectivity index (χ4n) is 1.52. The summed E-state index contributed by atoms with van der Waals surface area (Å²) in [4.78, 5) is 6.82. The Hall–Kier alpha value is -1.13. The zero-order valence-electron chi connectivity index (χ0n) is 9.19. The van der Waals surface area contributed by atoms with Crippen molar-refractivity contribution in [2.24, 2.45) is 5.73 Å². The van der Waals surface area contributed by atoms with E-state index >= 15 is 0 Å². The zero-order valence-corrected chi connectivity index (χ0v) is 10.0. The second-order valence-corrected chi connectivity index (χ2v) is 5.01. The molecule has 0 bridgehead atoms. The first kappa shape index (κ1) is 10.4. The molecular formula is C11H15N3S. The van der Waals surface area contributed by atoms with Crippen molar-refractivity contribution in [1.82, 2.24) is 9.38 Å². The average Bonchev–Trinajstić information content (AvgIpc) is 2.57. The van der Waals surface area contributed by atoms with Gasteiger partial charge in [0, 0.05) is 17.1 Å². The SMILES string of the molecule is Cc1cn2c(/C=C/C(C)N)c(C)nc2s1. The Balaban J connectivity index is 2.52. The summed E-state index contributed by atoms with van der Waals surface area (Å²) in [6, 6.07) is 0.0784. The van der Waals surface area contributed by atoms with Gasteiger partial charge in [0.1, 0.15) is 0 Å². The van der Waals surface area contributed by atoms with Gasteiger partial charge in [-0.15, -0.1) is 11.3 Å². The van der Waals surface area contributed by atoms with E-state index < -0.39 is 0 Å². The molecular weight excluding hydrogens is 206 g/mol. The first-order valence-corrected chi connectivity index (χ1v) is 5.78. The summed E-state index contributed by atoms with van der Waals surface area (Å²) in [6.45, 7) is 6.08. The predicted octanol–water partition coefficient (Wildman–Crippen LogP) is 2.37. The molecule has 2 N–H and O–H groups in total. The third-order valence-corrected chi connectivity index (χ3v) is 3.12. The zero-order chi connectivity index (χ0) is 11.0. The van der Waals surface area contributed by atoms with Crippen LogP contribution in [0.1, 0.15) is 23.2 Å². The molecule has 0 radical (unpaired) electrons. The molecule has 15 heavy (non-hydrogen) atoms. The van der Waals surface area contributed by atoms with Crippen LogP contribution in [0.2, 0.25) is 0 Å². The van der Waals surface area contributed by atoms with Crippen LogP contribution in [0.5, 0.6) is 0 Å². The molecule has 2 aromatic heterocycles. The lowest BCUT2D eigenvalue weighted by Crippen LogP contribution is -2.10. The van der Waals surface area contributed by atoms with E-state index in [1.807, 2.05) is 26.0 Å². The average molecular weight is 221 g/mol. The van der Waals surface area contributed by atoms with Gasteiger partial charge in [-0.1, -0.05) is 6.08 Å². The first-order valence-electron chi connectivity index (χ1n) is 4.97. The van der Waals surface area contributed by atoms with E-state index in [0.29, 0.717) is 0 Å². The summed E-state index contributed by atoms with van der Waals surface area (Å²) >= 11 is 1.71. The van der Waals surface area contributed by atoms with Gasteiger partial charge in [0.2, 0.25) is 0 Å². The maximum absolute atomic E-state index is 5.69. The van der Waals surface area contributed by atoms with Crippen LogP contribution >= 0.6 is 11.3 Å². The van der Waals surface area contributed by atoms with Gasteiger partial charge in [-0.3, -0.25) is 4.40 Å². The standard InChI is InChI=1S/C11H15N3S/c1-7(12)4-5-10-9(3)13-11-14(10)6-8(2)15-11/h4-7H,12H2,1-3H3/b5-4+. The van der Waals surface area contributed by atoms with Crippen LogP contribution < -0.4 is 5.73 Å². The first-order chi connectivity index (χ1) is 7.08. The fraction of sp³-hybridized carbons (Fsp3) is 0.364. The third kappa shape index (κ3) is 1.96. The molecule has 80 valence electrons. The maximum atomic E-state index is 5.69. The van der Waals surface area contributed by atoms with Gasteiger partial charge in [-0.05, 0) is 26.8 Å². The van der Waals surface area contributed by atoms with Gasteiger partial charge in [-0.2, -0.15) is 0 Å². The van der Waals surface area contributed by atoms with E-state index in [4.69, 9.17) is 5.73 Å². The van der Waals surface area contributed by atoms with Gasteiger partial charge in [0.15, 0.2) is 4.96 Å². The molecule has 0 fully saturated rings. The molecule has 0 spiro atoms. The van der Waals surface area contributed by atoms with E-state index in [1.54, 1.807) is 11.3 Å². The topological polar surface area (TPSA) is 43.3 Å². The molecule has 2 heterocycles. The van der Waals surface area contributed by atoms with Gasteiger partial charge in [0.05, 0.1) is 11.4 Å². The highest BCUT2D eigenvalue weighted by molar-refractivity contribution is 7.17. The monoisotopic (exact) mass is 221 g/mol. The molecule has 4 heteroatoms. The van der Waals surface area contributed by atoms with Crippen molar-refractivity contribution >= 4 is 22.4 Å². The molecule has 0 amide bonds. The van der Waals surface area contributed by atoms with E-state index in [0.717, 1.165) is 16.3 Å². The number of hydrogen-bond acceptors (Lipinski definition) is 3. The molecule has 1 unspecified atom stereocenters. The number of nitrogens with two attached hydrogens (primary N) is 1. The van der Waals surface area contributed by atoms with E-state index in [-0.39, 0.29) is 6.04 Å². The summed E-state index contributed by atoms with van der Waals surface area (Å²) < 4.78 is 2.12. The molecule has 0 aliphatic rings. The number of aryl methyl sites for hydroxylation is 2. The lowest BCUT2D eigenvalue weighted by atomic mass is 10.2. The highest BCUT2D eigenvalue weighted by atomic mass is 32.1. The second kappa shape index (κ2) is 3.79. The van der Waals surface area contributed by atoms with Gasteiger partial charge >= 0.3 is 0 Å². The minimum atomic E-state index is 0.0784. The molecule has 0 aliphatic heterocycles. The van der Waals surface area contributed by atoms with Crippen molar-refractivity contribution < 1.29 is 0 Å². The highest BCUT2D eigenvalue weighted by Crippen LogP contribution is 2.21. The number of aromatic nitrogens is 2. The normalized spacial score (nSPS) is 14.1. The summed E-state index contributed by atoms with van der Waals surface area (Å²) in [5, 5.41) is 0. The number of hydrogen-bond donors (Lipinski definition) is 1. The highest BCUT2D eigenvalue weighted by Gasteiger charge is 2.08. The van der Waals surface area contributed by atoms with E-state index in [2.05, 4.69) is 22.5 Å². The van der Waals surface area contributed by atoms with Crippen LogP contribution in [-0.2, 0) is 0 Å². The van der Waals surface area contributed by atoms with Crippen LogP contribution in [0.25, 0.3) is 11.0 Å². The Labute approximate surface area is 93.2 Å². The van der Waals surface area contributed by atoms with Crippen molar-refractivity contribution in [1.29, 1.82) is 0 Å². The van der Waals surface area contributed by atoms with Gasteiger partial charge < -0.3 is 5.73 Å². The molecule has 0 saturated carbocycles. The van der Waals surface area contributed by atoms with Crippen LogP contribution in [-0.4, -0.2) is 15.4 Å². The largest absolute Gasteiger partial charge is 0.325 e. The summed E-state index contributed by atoms with van der Waals surface area (Å²) in [5.41, 5.74) is 7.88. The van der Waals surface area contributed by atoms with Crippen LogP contribution in [0.15, 0.2) is 12.3 Å². The van der Waals surface area contributed by atoms with Crippen molar-refractivity contribution in [2.75, 3.05) is 0 Å². The lowest BCUT2D eigenvalue weighted by Gasteiger charge is -1.96. The predicted molar refractivity (Wildman–Crippen MR) is 65.2 cm³/mol. The number of fused-ring (bicyclic) bond motifs is 1. The molecule has 0 saturated heterocycles. The number of nitrogens with zero attached hydrogens (tertiary/aromatic N) is 2. The van der Waals surface area contributed by atoms with E-state index in [1.165, 1.54) is 4.88 Å². The molecule has 0 aromatic carbocycles. The number of imidazole rings is 1. The third-order valence-electron chi connectivity index (χ3n) is 2.22. The number of rotatable bonds is 2. The number of thiazole rings is 1. The summed E-state index contributed by atoms with van der Waals surface area (Å²) in [5.74, 6) is 0. The minimum Gasteiger partial charge on any atom is -0.325 e. The van der Waals surface area contributed by atoms with Crippen molar-refractivity contribution in [3.8, 4) is 0 Å². The lowest BCUT2D eigenvalue weighted by molar-refractivity contribution is 0.929. The molecule has 2 aromatic rings. The Morgan fingerprint density at radius 1 is 1.53 bits per heavy atom. The van der Waals surface area contributed by atoms with Gasteiger partial charge in [-0.25, -0.2) is 4.98 Å². The Kier molecular flexibility index (Phi) is 2.63. The smallest absolute Gasteiger partial charge is 0.194 e.